The van der Waals surface area contributed by atoms with Crippen molar-refractivity contribution in [1.82, 2.24) is 10.2 Å². The monoisotopic (exact) mass is 440 g/mol. The number of carbonyl (C=O) groups excluding carboxylic acids is 1. The van der Waals surface area contributed by atoms with Gasteiger partial charge in [-0.05, 0) is 56.1 Å². The van der Waals surface area contributed by atoms with E-state index in [1.165, 1.54) is 36.1 Å². The highest BCUT2D eigenvalue weighted by Crippen LogP contribution is 2.26. The summed E-state index contributed by atoms with van der Waals surface area (Å²) in [5, 5.41) is 12.3. The fourth-order valence-corrected chi connectivity index (χ4v) is 4.44. The molecular weight excluding hydrogens is 407 g/mol. The maximum atomic E-state index is 13.7. The van der Waals surface area contributed by atoms with Gasteiger partial charge in [0.25, 0.3) is 0 Å². The number of likely N-dealkylation sites (tertiary alicyclic amines) is 1. The third-order valence-electron chi connectivity index (χ3n) is 6.21. The Labute approximate surface area is 189 Å². The minimum atomic E-state index is -1.01. The summed E-state index contributed by atoms with van der Waals surface area (Å²) in [6, 6.07) is 14.4. The minimum Gasteiger partial charge on any atom is -0.481 e. The molecule has 6 heteroatoms. The van der Waals surface area contributed by atoms with Crippen LogP contribution in [0.25, 0.3) is 0 Å². The summed E-state index contributed by atoms with van der Waals surface area (Å²) in [6.45, 7) is 4.52. The number of benzene rings is 2. The maximum Gasteiger partial charge on any atom is 0.303 e. The number of amides is 1. The maximum absolute atomic E-state index is 13.7. The number of carboxylic acid groups (broad SMARTS) is 1. The van der Waals surface area contributed by atoms with E-state index in [0.717, 1.165) is 25.9 Å². The van der Waals surface area contributed by atoms with E-state index in [1.807, 2.05) is 0 Å². The minimum absolute atomic E-state index is 0.0103. The summed E-state index contributed by atoms with van der Waals surface area (Å²) in [5.41, 5.74) is 2.90. The second kappa shape index (κ2) is 11.8. The molecule has 0 saturated carbocycles. The highest BCUT2D eigenvalue weighted by Gasteiger charge is 2.24. The van der Waals surface area contributed by atoms with E-state index >= 15 is 0 Å². The molecule has 2 N–H and O–H groups in total. The van der Waals surface area contributed by atoms with Crippen molar-refractivity contribution >= 4 is 11.9 Å². The first-order valence-corrected chi connectivity index (χ1v) is 11.5. The highest BCUT2D eigenvalue weighted by atomic mass is 19.1. The Morgan fingerprint density at radius 2 is 1.69 bits per heavy atom. The predicted octanol–water partition coefficient (Wildman–Crippen LogP) is 4.82. The van der Waals surface area contributed by atoms with Gasteiger partial charge in [-0.2, -0.15) is 0 Å². The molecule has 0 spiro atoms. The van der Waals surface area contributed by atoms with Crippen molar-refractivity contribution in [2.24, 2.45) is 0 Å². The van der Waals surface area contributed by atoms with Gasteiger partial charge in [-0.25, -0.2) is 4.39 Å². The molecule has 3 rings (SSSR count). The summed E-state index contributed by atoms with van der Waals surface area (Å²) in [7, 11) is 0. The molecular formula is C26H33FN2O3. The Morgan fingerprint density at radius 1 is 1.00 bits per heavy atom. The highest BCUT2D eigenvalue weighted by molar-refractivity contribution is 5.78. The van der Waals surface area contributed by atoms with Crippen molar-refractivity contribution in [2.45, 2.75) is 57.4 Å². The van der Waals surface area contributed by atoms with Crippen LogP contribution < -0.4 is 5.32 Å². The number of nitrogens with one attached hydrogen (secondary N) is 1. The molecule has 32 heavy (non-hydrogen) atoms. The van der Waals surface area contributed by atoms with Crippen LogP contribution in [0, 0.1) is 12.7 Å². The van der Waals surface area contributed by atoms with Crippen LogP contribution in [0.1, 0.15) is 67.2 Å². The molecule has 5 nitrogen and oxygen atoms in total. The number of nitrogens with zero attached hydrogens (tertiary/aromatic N) is 1. The van der Waals surface area contributed by atoms with Crippen LogP contribution in [-0.2, 0) is 9.59 Å². The van der Waals surface area contributed by atoms with E-state index < -0.39 is 17.7 Å². The molecule has 172 valence electrons. The van der Waals surface area contributed by atoms with Crippen LogP contribution in [0.5, 0.6) is 0 Å². The Kier molecular flexibility index (Phi) is 8.80. The molecule has 2 aromatic carbocycles. The molecule has 1 amide bonds. The van der Waals surface area contributed by atoms with E-state index in [0.29, 0.717) is 12.1 Å². The van der Waals surface area contributed by atoms with Crippen LogP contribution in [-0.4, -0.2) is 41.5 Å². The Balaban J connectivity index is 1.70. The van der Waals surface area contributed by atoms with E-state index in [9.17, 15) is 19.1 Å². The summed E-state index contributed by atoms with van der Waals surface area (Å²) < 4.78 is 13.7. The van der Waals surface area contributed by atoms with Gasteiger partial charge in [0.2, 0.25) is 5.91 Å². The Bertz CT molecular complexity index is 892. The summed E-state index contributed by atoms with van der Waals surface area (Å²) in [6.07, 6.45) is 4.55. The topological polar surface area (TPSA) is 69.6 Å². The van der Waals surface area contributed by atoms with Gasteiger partial charge < -0.3 is 10.4 Å². The first kappa shape index (κ1) is 23.9. The van der Waals surface area contributed by atoms with Gasteiger partial charge in [-0.1, -0.05) is 54.8 Å². The van der Waals surface area contributed by atoms with E-state index in [2.05, 4.69) is 41.4 Å². The lowest BCUT2D eigenvalue weighted by atomic mass is 9.92. The van der Waals surface area contributed by atoms with Gasteiger partial charge in [-0.15, -0.1) is 0 Å². The number of carboxylic acids is 1. The van der Waals surface area contributed by atoms with Gasteiger partial charge in [0.05, 0.1) is 12.5 Å². The third kappa shape index (κ3) is 7.16. The van der Waals surface area contributed by atoms with Crippen LogP contribution >= 0.6 is 0 Å². The number of hydrogen-bond acceptors (Lipinski definition) is 3. The lowest BCUT2D eigenvalue weighted by Crippen LogP contribution is -2.39. The summed E-state index contributed by atoms with van der Waals surface area (Å²) in [5.74, 6) is -2.22. The SMILES string of the molecule is Cc1ccc(C(CNC(=O)CC(CC(=O)O)c2cccc(F)c2)N2CCCCCC2)cc1. The van der Waals surface area contributed by atoms with Crippen molar-refractivity contribution in [3.8, 4) is 0 Å². The average Bonchev–Trinajstić information content (AvgIpc) is 3.04. The van der Waals surface area contributed by atoms with E-state index in [1.54, 1.807) is 12.1 Å². The smallest absolute Gasteiger partial charge is 0.303 e. The molecule has 1 aliphatic rings. The number of aliphatic carboxylic acids is 1. The molecule has 0 bridgehead atoms. The zero-order valence-electron chi connectivity index (χ0n) is 18.7. The van der Waals surface area contributed by atoms with E-state index in [-0.39, 0.29) is 24.8 Å². The lowest BCUT2D eigenvalue weighted by Gasteiger charge is -2.31. The predicted molar refractivity (Wildman–Crippen MR) is 123 cm³/mol. The lowest BCUT2D eigenvalue weighted by molar-refractivity contribution is -0.137. The van der Waals surface area contributed by atoms with Crippen LogP contribution in [0.4, 0.5) is 4.39 Å². The molecule has 2 unspecified atom stereocenters. The third-order valence-corrected chi connectivity index (χ3v) is 6.21. The normalized spacial score (nSPS) is 16.7. The summed E-state index contributed by atoms with van der Waals surface area (Å²) >= 11 is 0. The molecule has 0 aliphatic carbocycles. The van der Waals surface area contributed by atoms with Gasteiger partial charge in [0.1, 0.15) is 5.82 Å². The standard InChI is InChI=1S/C26H33FN2O3/c1-19-9-11-20(12-10-19)24(29-13-4-2-3-5-14-29)18-28-25(30)16-22(17-26(31)32)21-7-6-8-23(27)15-21/h6-12,15,22,24H,2-5,13-14,16-18H2,1H3,(H,28,30)(H,31,32). The number of hydrogen-bond donors (Lipinski definition) is 2. The van der Waals surface area contributed by atoms with E-state index in [4.69, 9.17) is 0 Å². The van der Waals surface area contributed by atoms with Gasteiger partial charge in [0, 0.05) is 18.9 Å². The first-order chi connectivity index (χ1) is 15.4. The molecule has 2 aromatic rings. The fourth-order valence-electron chi connectivity index (χ4n) is 4.44. The molecule has 1 saturated heterocycles. The van der Waals surface area contributed by atoms with Gasteiger partial charge in [-0.3, -0.25) is 14.5 Å². The van der Waals surface area contributed by atoms with Crippen LogP contribution in [0.2, 0.25) is 0 Å². The van der Waals surface area contributed by atoms with Crippen molar-refractivity contribution in [3.05, 3.63) is 71.0 Å². The quantitative estimate of drug-likeness (QED) is 0.587. The van der Waals surface area contributed by atoms with Crippen molar-refractivity contribution in [3.63, 3.8) is 0 Å². The molecule has 0 aromatic heterocycles. The second-order valence-electron chi connectivity index (χ2n) is 8.73. The number of aryl methyl sites for hydroxylation is 1. The van der Waals surface area contributed by atoms with Gasteiger partial charge in [0.15, 0.2) is 0 Å². The number of halogens is 1. The van der Waals surface area contributed by atoms with Crippen LogP contribution in [0.15, 0.2) is 48.5 Å². The zero-order valence-corrected chi connectivity index (χ0v) is 18.7. The summed E-state index contributed by atoms with van der Waals surface area (Å²) in [4.78, 5) is 26.6. The molecule has 1 fully saturated rings. The molecule has 0 radical (unpaired) electrons. The van der Waals surface area contributed by atoms with Crippen LogP contribution in [0.3, 0.4) is 0 Å². The molecule has 2 atom stereocenters. The van der Waals surface area contributed by atoms with Crippen molar-refractivity contribution in [1.29, 1.82) is 0 Å². The Morgan fingerprint density at radius 3 is 2.31 bits per heavy atom. The van der Waals surface area contributed by atoms with Crippen molar-refractivity contribution < 1.29 is 19.1 Å². The average molecular weight is 441 g/mol. The number of rotatable bonds is 9. The van der Waals surface area contributed by atoms with Crippen molar-refractivity contribution in [2.75, 3.05) is 19.6 Å². The zero-order chi connectivity index (χ0) is 22.9. The second-order valence-corrected chi connectivity index (χ2v) is 8.73. The largest absolute Gasteiger partial charge is 0.481 e. The fraction of sp³-hybridized carbons (Fsp3) is 0.462. The van der Waals surface area contributed by atoms with Gasteiger partial charge >= 0.3 is 5.97 Å². The Hall–Kier alpha value is -2.73. The molecule has 1 aliphatic heterocycles. The first-order valence-electron chi connectivity index (χ1n) is 11.5. The molecule has 1 heterocycles. The number of carbonyl (C=O) groups is 2.